The molecular formula is C19H30N4O3. The molecule has 0 aliphatic carbocycles. The Morgan fingerprint density at radius 2 is 2.23 bits per heavy atom. The second-order valence-corrected chi connectivity index (χ2v) is 6.71. The highest BCUT2D eigenvalue weighted by molar-refractivity contribution is 5.88. The predicted octanol–water partition coefficient (Wildman–Crippen LogP) is 1.49. The number of carbonyl (C=O) groups is 1. The monoisotopic (exact) mass is 362 g/mol. The van der Waals surface area contributed by atoms with E-state index in [0.717, 1.165) is 43.2 Å². The van der Waals surface area contributed by atoms with Crippen LogP contribution < -0.4 is 16.0 Å². The molecule has 0 bridgehead atoms. The highest BCUT2D eigenvalue weighted by atomic mass is 16.5. The first-order chi connectivity index (χ1) is 12.6. The maximum absolute atomic E-state index is 11.2. The molecule has 4 N–H and O–H groups in total. The molecule has 26 heavy (non-hydrogen) atoms. The number of nitrogens with zero attached hydrogens (tertiary/aromatic N) is 1. The molecule has 144 valence electrons. The molecule has 1 atom stereocenters. The van der Waals surface area contributed by atoms with Crippen LogP contribution in [0, 0.1) is 5.41 Å². The Hall–Kier alpha value is -2.12. The number of guanidine groups is 1. The molecule has 7 heteroatoms. The third-order valence-electron chi connectivity index (χ3n) is 4.47. The second-order valence-electron chi connectivity index (χ2n) is 6.71. The molecule has 0 radical (unpaired) electrons. The molecule has 1 fully saturated rings. The zero-order chi connectivity index (χ0) is 18.8. The Labute approximate surface area is 155 Å². The maximum atomic E-state index is 11.2. The summed E-state index contributed by atoms with van der Waals surface area (Å²) in [5, 5.41) is 18.8. The van der Waals surface area contributed by atoms with Gasteiger partial charge in [0.15, 0.2) is 5.96 Å². The van der Waals surface area contributed by atoms with Crippen LogP contribution in [-0.4, -0.2) is 49.9 Å². The van der Waals surface area contributed by atoms with Crippen LogP contribution in [0.1, 0.15) is 32.3 Å². The quantitative estimate of drug-likeness (QED) is 0.415. The van der Waals surface area contributed by atoms with Crippen molar-refractivity contribution in [2.75, 3.05) is 38.2 Å². The van der Waals surface area contributed by atoms with E-state index in [1.807, 2.05) is 31.2 Å². The van der Waals surface area contributed by atoms with Crippen molar-refractivity contribution in [2.24, 2.45) is 10.4 Å². The Balaban J connectivity index is 1.98. The molecule has 0 spiro atoms. The number of benzene rings is 1. The molecule has 1 aromatic rings. The van der Waals surface area contributed by atoms with Gasteiger partial charge < -0.3 is 25.8 Å². The summed E-state index contributed by atoms with van der Waals surface area (Å²) in [6.45, 7) is 7.07. The van der Waals surface area contributed by atoms with Crippen molar-refractivity contribution < 1.29 is 14.6 Å². The average molecular weight is 362 g/mol. The molecule has 1 amide bonds. The van der Waals surface area contributed by atoms with Gasteiger partial charge in [-0.25, -0.2) is 4.99 Å². The van der Waals surface area contributed by atoms with E-state index in [4.69, 9.17) is 4.74 Å². The van der Waals surface area contributed by atoms with E-state index >= 15 is 0 Å². The van der Waals surface area contributed by atoms with E-state index in [2.05, 4.69) is 20.9 Å². The fraction of sp³-hybridized carbons (Fsp3) is 0.579. The first-order valence-electron chi connectivity index (χ1n) is 9.14. The topological polar surface area (TPSA) is 95.0 Å². The van der Waals surface area contributed by atoms with Gasteiger partial charge in [0.25, 0.3) is 0 Å². The van der Waals surface area contributed by atoms with Gasteiger partial charge in [0.2, 0.25) is 5.91 Å². The maximum Gasteiger partial charge on any atom is 0.221 e. The van der Waals surface area contributed by atoms with Crippen molar-refractivity contribution in [1.82, 2.24) is 10.6 Å². The molecule has 1 aliphatic heterocycles. The summed E-state index contributed by atoms with van der Waals surface area (Å²) < 4.78 is 5.53. The normalized spacial score (nSPS) is 20.0. The Morgan fingerprint density at radius 3 is 2.88 bits per heavy atom. The van der Waals surface area contributed by atoms with Gasteiger partial charge in [0, 0.05) is 44.3 Å². The van der Waals surface area contributed by atoms with E-state index in [1.165, 1.54) is 6.92 Å². The number of aliphatic hydroxyl groups is 1. The molecule has 0 aromatic heterocycles. The Kier molecular flexibility index (Phi) is 7.87. The molecule has 1 heterocycles. The number of rotatable bonds is 8. The summed E-state index contributed by atoms with van der Waals surface area (Å²) >= 11 is 0. The van der Waals surface area contributed by atoms with Gasteiger partial charge in [-0.1, -0.05) is 12.1 Å². The molecule has 0 saturated carbocycles. The zero-order valence-corrected chi connectivity index (χ0v) is 15.7. The van der Waals surface area contributed by atoms with E-state index in [-0.39, 0.29) is 17.9 Å². The number of hydrogen-bond acceptors (Lipinski definition) is 4. The fourth-order valence-corrected chi connectivity index (χ4v) is 3.05. The third-order valence-corrected chi connectivity index (χ3v) is 4.47. The summed E-state index contributed by atoms with van der Waals surface area (Å²) in [5.74, 6) is 0.648. The second kappa shape index (κ2) is 10.1. The van der Waals surface area contributed by atoms with Crippen LogP contribution in [0.25, 0.3) is 0 Å². The summed E-state index contributed by atoms with van der Waals surface area (Å²) in [5.41, 5.74) is 1.76. The number of nitrogens with one attached hydrogen (secondary N) is 3. The Bertz CT molecular complexity index is 613. The van der Waals surface area contributed by atoms with Gasteiger partial charge in [0.05, 0.1) is 13.2 Å². The lowest BCUT2D eigenvalue weighted by molar-refractivity contribution is -0.114. The van der Waals surface area contributed by atoms with Gasteiger partial charge in [-0.3, -0.25) is 4.79 Å². The minimum Gasteiger partial charge on any atom is -0.396 e. The van der Waals surface area contributed by atoms with Crippen LogP contribution in [0.5, 0.6) is 0 Å². The number of carbonyl (C=O) groups excluding carboxylic acids is 1. The van der Waals surface area contributed by atoms with E-state index in [1.54, 1.807) is 0 Å². The minimum atomic E-state index is -0.0892. The van der Waals surface area contributed by atoms with E-state index in [9.17, 15) is 9.90 Å². The van der Waals surface area contributed by atoms with Crippen LogP contribution in [-0.2, 0) is 16.1 Å². The third kappa shape index (κ3) is 6.31. The van der Waals surface area contributed by atoms with Crippen molar-refractivity contribution in [3.05, 3.63) is 29.8 Å². The molecule has 1 aliphatic rings. The number of aliphatic imine (C=N–C) groups is 1. The first kappa shape index (κ1) is 20.2. The first-order valence-corrected chi connectivity index (χ1v) is 9.14. The van der Waals surface area contributed by atoms with Crippen LogP contribution in [0.4, 0.5) is 5.69 Å². The van der Waals surface area contributed by atoms with Gasteiger partial charge >= 0.3 is 0 Å². The lowest BCUT2D eigenvalue weighted by Crippen LogP contribution is -2.44. The standard InChI is InChI=1S/C19H30N4O3/c1-3-20-18(22-13-19(7-9-24)8-10-26-14-19)21-12-16-5-4-6-17(11-16)23-15(2)25/h4-6,11,24H,3,7-10,12-14H2,1-2H3,(H,23,25)(H2,20,21,22). The number of hydrogen-bond donors (Lipinski definition) is 4. The molecule has 7 nitrogen and oxygen atoms in total. The smallest absolute Gasteiger partial charge is 0.221 e. The molecule has 1 saturated heterocycles. The van der Waals surface area contributed by atoms with Crippen molar-refractivity contribution >= 4 is 17.6 Å². The highest BCUT2D eigenvalue weighted by Gasteiger charge is 2.34. The number of aliphatic hydroxyl groups excluding tert-OH is 1. The fourth-order valence-electron chi connectivity index (χ4n) is 3.05. The highest BCUT2D eigenvalue weighted by Crippen LogP contribution is 2.31. The molecule has 2 rings (SSSR count). The largest absolute Gasteiger partial charge is 0.396 e. The summed E-state index contributed by atoms with van der Waals surface area (Å²) in [4.78, 5) is 15.8. The number of amides is 1. The molecule has 1 aromatic carbocycles. The predicted molar refractivity (Wildman–Crippen MR) is 103 cm³/mol. The summed E-state index contributed by atoms with van der Waals surface area (Å²) in [7, 11) is 0. The van der Waals surface area contributed by atoms with Gasteiger partial charge in [-0.15, -0.1) is 0 Å². The van der Waals surface area contributed by atoms with Crippen molar-refractivity contribution in [3.8, 4) is 0 Å². The minimum absolute atomic E-state index is 0.0315. The molecular weight excluding hydrogens is 332 g/mol. The van der Waals surface area contributed by atoms with Gasteiger partial charge in [-0.05, 0) is 37.5 Å². The van der Waals surface area contributed by atoms with Gasteiger partial charge in [-0.2, -0.15) is 0 Å². The number of anilines is 1. The molecule has 1 unspecified atom stereocenters. The van der Waals surface area contributed by atoms with Crippen molar-refractivity contribution in [2.45, 2.75) is 33.2 Å². The lowest BCUT2D eigenvalue weighted by atomic mass is 9.84. The van der Waals surface area contributed by atoms with E-state index in [0.29, 0.717) is 19.7 Å². The SMILES string of the molecule is CCNC(=NCc1cccc(NC(C)=O)c1)NCC1(CCO)CCOC1. The summed E-state index contributed by atoms with van der Waals surface area (Å²) in [6, 6.07) is 7.67. The summed E-state index contributed by atoms with van der Waals surface area (Å²) in [6.07, 6.45) is 1.66. The van der Waals surface area contributed by atoms with Crippen LogP contribution in [0.2, 0.25) is 0 Å². The number of ether oxygens (including phenoxy) is 1. The Morgan fingerprint density at radius 1 is 1.38 bits per heavy atom. The van der Waals surface area contributed by atoms with Crippen molar-refractivity contribution in [1.29, 1.82) is 0 Å². The van der Waals surface area contributed by atoms with Crippen LogP contribution in [0.3, 0.4) is 0 Å². The van der Waals surface area contributed by atoms with Crippen LogP contribution in [0.15, 0.2) is 29.3 Å². The average Bonchev–Trinajstić information content (AvgIpc) is 3.06. The van der Waals surface area contributed by atoms with Crippen molar-refractivity contribution in [3.63, 3.8) is 0 Å². The van der Waals surface area contributed by atoms with Gasteiger partial charge in [0.1, 0.15) is 0 Å². The zero-order valence-electron chi connectivity index (χ0n) is 15.7. The van der Waals surface area contributed by atoms with Crippen LogP contribution >= 0.6 is 0 Å². The van der Waals surface area contributed by atoms with E-state index < -0.39 is 0 Å². The lowest BCUT2D eigenvalue weighted by Gasteiger charge is -2.27.